The Balaban J connectivity index is 1.95. The second-order valence-electron chi connectivity index (χ2n) is 4.40. The molecule has 1 aromatic heterocycles. The van der Waals surface area contributed by atoms with Gasteiger partial charge in [0.05, 0.1) is 22.7 Å². The van der Waals surface area contributed by atoms with E-state index < -0.39 is 17.5 Å². The van der Waals surface area contributed by atoms with E-state index >= 15 is 0 Å². The summed E-state index contributed by atoms with van der Waals surface area (Å²) in [6.45, 7) is -0.292. The number of halogens is 2. The van der Waals surface area contributed by atoms with Crippen molar-refractivity contribution in [3.05, 3.63) is 50.4 Å². The van der Waals surface area contributed by atoms with Gasteiger partial charge in [0, 0.05) is 4.47 Å². The number of fused-ring (bicyclic) bond motifs is 1. The molecule has 1 aliphatic rings. The van der Waals surface area contributed by atoms with Gasteiger partial charge in [0.15, 0.2) is 5.78 Å². The maximum absolute atomic E-state index is 13.3. The predicted molar refractivity (Wildman–Crippen MR) is 79.4 cm³/mol. The first kappa shape index (κ1) is 14.1. The zero-order valence-electron chi connectivity index (χ0n) is 10.4. The van der Waals surface area contributed by atoms with Crippen molar-refractivity contribution in [2.24, 2.45) is 0 Å². The van der Waals surface area contributed by atoms with E-state index in [0.29, 0.717) is 9.35 Å². The van der Waals surface area contributed by atoms with Gasteiger partial charge in [0.1, 0.15) is 5.82 Å². The monoisotopic (exact) mass is 367 g/mol. The van der Waals surface area contributed by atoms with Gasteiger partial charge in [-0.05, 0) is 45.6 Å². The average Bonchev–Trinajstić information content (AvgIpc) is 2.97. The molecule has 0 aliphatic carbocycles. The number of carbonyl (C=O) groups is 3. The van der Waals surface area contributed by atoms with Crippen LogP contribution in [0.2, 0.25) is 0 Å². The van der Waals surface area contributed by atoms with E-state index in [-0.39, 0.29) is 23.6 Å². The predicted octanol–water partition coefficient (Wildman–Crippen LogP) is 3.06. The van der Waals surface area contributed by atoms with Gasteiger partial charge >= 0.3 is 0 Å². The average molecular weight is 368 g/mol. The first-order chi connectivity index (χ1) is 9.99. The Morgan fingerprint density at radius 3 is 2.71 bits per heavy atom. The first-order valence-electron chi connectivity index (χ1n) is 5.91. The molecule has 0 saturated carbocycles. The SMILES string of the molecule is O=C1C(=O)N(CC(=O)c2sccc2Br)c2cc(F)ccc21. The molecular weight excluding hydrogens is 361 g/mol. The molecule has 2 aromatic rings. The third kappa shape index (κ3) is 2.32. The van der Waals surface area contributed by atoms with Gasteiger partial charge in [0.2, 0.25) is 0 Å². The minimum Gasteiger partial charge on any atom is -0.297 e. The Morgan fingerprint density at radius 2 is 2.05 bits per heavy atom. The van der Waals surface area contributed by atoms with Crippen LogP contribution in [0.1, 0.15) is 20.0 Å². The lowest BCUT2D eigenvalue weighted by molar-refractivity contribution is -0.114. The summed E-state index contributed by atoms with van der Waals surface area (Å²) in [5.74, 6) is -2.40. The number of benzene rings is 1. The summed E-state index contributed by atoms with van der Waals surface area (Å²) in [5, 5.41) is 1.74. The van der Waals surface area contributed by atoms with E-state index in [4.69, 9.17) is 0 Å². The molecule has 21 heavy (non-hydrogen) atoms. The van der Waals surface area contributed by atoms with Crippen LogP contribution in [0.5, 0.6) is 0 Å². The van der Waals surface area contributed by atoms with Crippen LogP contribution in [0.4, 0.5) is 10.1 Å². The van der Waals surface area contributed by atoms with Crippen molar-refractivity contribution < 1.29 is 18.8 Å². The molecular formula is C14H7BrFNO3S. The number of ketones is 2. The number of Topliss-reactive ketones (excluding diaryl/α,β-unsaturated/α-hetero) is 2. The molecule has 1 amide bonds. The molecule has 2 heterocycles. The molecule has 0 spiro atoms. The standard InChI is InChI=1S/C14H7BrFNO3S/c15-9-3-4-21-13(9)11(18)6-17-10-5-7(16)1-2-8(10)12(19)14(17)20/h1-5H,6H2. The largest absolute Gasteiger partial charge is 0.299 e. The molecule has 0 N–H and O–H groups in total. The van der Waals surface area contributed by atoms with E-state index in [1.807, 2.05) is 0 Å². The van der Waals surface area contributed by atoms with Crippen molar-refractivity contribution in [1.29, 1.82) is 0 Å². The lowest BCUT2D eigenvalue weighted by Gasteiger charge is -2.15. The van der Waals surface area contributed by atoms with Gasteiger partial charge in [-0.2, -0.15) is 0 Å². The van der Waals surface area contributed by atoms with Crippen molar-refractivity contribution >= 4 is 50.4 Å². The topological polar surface area (TPSA) is 54.5 Å². The highest BCUT2D eigenvalue weighted by molar-refractivity contribution is 9.10. The second kappa shape index (κ2) is 5.16. The molecule has 0 atom stereocenters. The number of anilines is 1. The quantitative estimate of drug-likeness (QED) is 0.618. The highest BCUT2D eigenvalue weighted by Gasteiger charge is 2.37. The normalized spacial score (nSPS) is 13.7. The van der Waals surface area contributed by atoms with Crippen molar-refractivity contribution in [2.45, 2.75) is 0 Å². The molecule has 0 bridgehead atoms. The number of hydrogen-bond donors (Lipinski definition) is 0. The Labute approximate surface area is 131 Å². The number of thiophene rings is 1. The Kier molecular flexibility index (Phi) is 3.46. The molecule has 4 nitrogen and oxygen atoms in total. The fourth-order valence-electron chi connectivity index (χ4n) is 2.13. The van der Waals surface area contributed by atoms with Crippen LogP contribution in [0.3, 0.4) is 0 Å². The molecule has 0 radical (unpaired) electrons. The molecule has 3 rings (SSSR count). The molecule has 106 valence electrons. The summed E-state index contributed by atoms with van der Waals surface area (Å²) in [4.78, 5) is 37.5. The van der Waals surface area contributed by atoms with Crippen LogP contribution in [0.25, 0.3) is 0 Å². The summed E-state index contributed by atoms with van der Waals surface area (Å²) in [5.41, 5.74) is 0.269. The summed E-state index contributed by atoms with van der Waals surface area (Å²) < 4.78 is 14.0. The zero-order valence-corrected chi connectivity index (χ0v) is 12.8. The lowest BCUT2D eigenvalue weighted by atomic mass is 10.1. The molecule has 0 unspecified atom stereocenters. The van der Waals surface area contributed by atoms with E-state index in [1.165, 1.54) is 17.4 Å². The van der Waals surface area contributed by atoms with E-state index in [2.05, 4.69) is 15.9 Å². The van der Waals surface area contributed by atoms with Crippen LogP contribution in [-0.2, 0) is 4.79 Å². The van der Waals surface area contributed by atoms with Gasteiger partial charge in [0.25, 0.3) is 11.7 Å². The van der Waals surface area contributed by atoms with Crippen molar-refractivity contribution in [3.8, 4) is 0 Å². The third-order valence-corrected chi connectivity index (χ3v) is 4.99. The van der Waals surface area contributed by atoms with Gasteiger partial charge in [-0.25, -0.2) is 4.39 Å². The Hall–Kier alpha value is -1.86. The first-order valence-corrected chi connectivity index (χ1v) is 7.58. The fourth-order valence-corrected chi connectivity index (χ4v) is 3.66. The molecule has 1 aromatic carbocycles. The molecule has 7 heteroatoms. The minimum atomic E-state index is -0.809. The van der Waals surface area contributed by atoms with E-state index in [0.717, 1.165) is 17.0 Å². The van der Waals surface area contributed by atoms with E-state index in [1.54, 1.807) is 11.4 Å². The van der Waals surface area contributed by atoms with Crippen LogP contribution < -0.4 is 4.90 Å². The summed E-state index contributed by atoms with van der Waals surface area (Å²) in [6, 6.07) is 5.19. The smallest absolute Gasteiger partial charge is 0.297 e. The summed E-state index contributed by atoms with van der Waals surface area (Å²) in [7, 11) is 0. The number of nitrogens with zero attached hydrogens (tertiary/aromatic N) is 1. The maximum atomic E-state index is 13.3. The Bertz CT molecular complexity index is 786. The number of hydrogen-bond acceptors (Lipinski definition) is 4. The van der Waals surface area contributed by atoms with Gasteiger partial charge < -0.3 is 0 Å². The van der Waals surface area contributed by atoms with Crippen LogP contribution >= 0.6 is 27.3 Å². The van der Waals surface area contributed by atoms with Gasteiger partial charge in [-0.3, -0.25) is 19.3 Å². The highest BCUT2D eigenvalue weighted by atomic mass is 79.9. The maximum Gasteiger partial charge on any atom is 0.299 e. The van der Waals surface area contributed by atoms with Crippen LogP contribution in [0, 0.1) is 5.82 Å². The number of rotatable bonds is 3. The van der Waals surface area contributed by atoms with Crippen molar-refractivity contribution in [3.63, 3.8) is 0 Å². The second-order valence-corrected chi connectivity index (χ2v) is 6.17. The fraction of sp³-hybridized carbons (Fsp3) is 0.0714. The van der Waals surface area contributed by atoms with Gasteiger partial charge in [-0.15, -0.1) is 11.3 Å². The summed E-state index contributed by atoms with van der Waals surface area (Å²) >= 11 is 4.48. The highest BCUT2D eigenvalue weighted by Crippen LogP contribution is 2.31. The minimum absolute atomic E-state index is 0.124. The molecule has 1 aliphatic heterocycles. The molecule has 0 saturated heterocycles. The van der Waals surface area contributed by atoms with Crippen molar-refractivity contribution in [1.82, 2.24) is 0 Å². The number of amides is 1. The Morgan fingerprint density at radius 1 is 1.29 bits per heavy atom. The van der Waals surface area contributed by atoms with Crippen LogP contribution in [-0.4, -0.2) is 24.0 Å². The zero-order chi connectivity index (χ0) is 15.1. The summed E-state index contributed by atoms with van der Waals surface area (Å²) in [6.07, 6.45) is 0. The lowest BCUT2D eigenvalue weighted by Crippen LogP contribution is -2.34. The van der Waals surface area contributed by atoms with E-state index in [9.17, 15) is 18.8 Å². The number of carbonyl (C=O) groups excluding carboxylic acids is 3. The van der Waals surface area contributed by atoms with Crippen LogP contribution in [0.15, 0.2) is 34.1 Å². The molecule has 0 fully saturated rings. The third-order valence-electron chi connectivity index (χ3n) is 3.11. The van der Waals surface area contributed by atoms with Crippen molar-refractivity contribution in [2.75, 3.05) is 11.4 Å². The van der Waals surface area contributed by atoms with Gasteiger partial charge in [-0.1, -0.05) is 0 Å².